The Morgan fingerprint density at radius 1 is 1.25 bits per heavy atom. The first-order valence-electron chi connectivity index (χ1n) is 7.54. The molecule has 0 aromatic carbocycles. The zero-order chi connectivity index (χ0) is 14.8. The molecule has 1 saturated carbocycles. The van der Waals surface area contributed by atoms with Crippen molar-refractivity contribution in [3.63, 3.8) is 0 Å². The summed E-state index contributed by atoms with van der Waals surface area (Å²) in [5, 5.41) is 3.01. The van der Waals surface area contributed by atoms with Gasteiger partial charge in [0, 0.05) is 26.6 Å². The van der Waals surface area contributed by atoms with Crippen LogP contribution in [0.5, 0.6) is 0 Å². The molecule has 2 aliphatic rings. The molecule has 2 fully saturated rings. The average Bonchev–Trinajstić information content (AvgIpc) is 2.52. The minimum absolute atomic E-state index is 0.00188. The number of carbonyl (C=O) groups excluding carboxylic acids is 2. The highest BCUT2D eigenvalue weighted by Crippen LogP contribution is 2.32. The van der Waals surface area contributed by atoms with Crippen LogP contribution in [0.4, 0.5) is 0 Å². The van der Waals surface area contributed by atoms with Crippen LogP contribution in [0.1, 0.15) is 52.4 Å². The molecule has 0 aromatic rings. The monoisotopic (exact) mass is 282 g/mol. The zero-order valence-electron chi connectivity index (χ0n) is 12.8. The molecule has 0 aromatic heterocycles. The van der Waals surface area contributed by atoms with Crippen LogP contribution in [0.25, 0.3) is 0 Å². The summed E-state index contributed by atoms with van der Waals surface area (Å²) in [6.45, 7) is 4.94. The molecule has 1 spiro atoms. The first kappa shape index (κ1) is 15.3. The van der Waals surface area contributed by atoms with Gasteiger partial charge in [-0.1, -0.05) is 19.3 Å². The number of rotatable bonds is 3. The second-order valence-corrected chi connectivity index (χ2v) is 6.63. The average molecular weight is 282 g/mol. The van der Waals surface area contributed by atoms with Gasteiger partial charge >= 0.3 is 0 Å². The number of hydrogen-bond acceptors (Lipinski definition) is 3. The predicted molar refractivity (Wildman–Crippen MR) is 76.2 cm³/mol. The van der Waals surface area contributed by atoms with Crippen LogP contribution in [0.15, 0.2) is 0 Å². The van der Waals surface area contributed by atoms with Crippen LogP contribution in [-0.4, -0.2) is 48.1 Å². The van der Waals surface area contributed by atoms with Crippen molar-refractivity contribution in [2.45, 2.75) is 63.5 Å². The molecule has 0 unspecified atom stereocenters. The normalized spacial score (nSPS) is 23.6. The van der Waals surface area contributed by atoms with E-state index in [2.05, 4.69) is 5.32 Å². The SMILES string of the molecule is COC(C)(C)CN1CCC(=O)NC2(CCCCC2)C1=O. The molecule has 0 radical (unpaired) electrons. The Bertz CT molecular complexity index is 387. The van der Waals surface area contributed by atoms with Crippen molar-refractivity contribution in [1.82, 2.24) is 10.2 Å². The quantitative estimate of drug-likeness (QED) is 0.852. The molecule has 0 atom stereocenters. The van der Waals surface area contributed by atoms with E-state index in [1.54, 1.807) is 7.11 Å². The van der Waals surface area contributed by atoms with Crippen molar-refractivity contribution >= 4 is 11.8 Å². The lowest BCUT2D eigenvalue weighted by Gasteiger charge is -2.40. The Labute approximate surface area is 121 Å². The molecule has 2 rings (SSSR count). The van der Waals surface area contributed by atoms with E-state index in [1.807, 2.05) is 18.7 Å². The van der Waals surface area contributed by atoms with Crippen LogP contribution in [0.2, 0.25) is 0 Å². The van der Waals surface area contributed by atoms with Crippen molar-refractivity contribution in [2.24, 2.45) is 0 Å². The largest absolute Gasteiger partial charge is 0.377 e. The van der Waals surface area contributed by atoms with Crippen LogP contribution in [0.3, 0.4) is 0 Å². The third-order valence-corrected chi connectivity index (χ3v) is 4.52. The van der Waals surface area contributed by atoms with Gasteiger partial charge in [0.15, 0.2) is 0 Å². The number of ether oxygens (including phenoxy) is 1. The Balaban J connectivity index is 2.20. The first-order chi connectivity index (χ1) is 9.38. The second kappa shape index (κ2) is 5.72. The highest BCUT2D eigenvalue weighted by molar-refractivity contribution is 5.93. The molecular formula is C15H26N2O3. The molecular weight excluding hydrogens is 256 g/mol. The van der Waals surface area contributed by atoms with E-state index >= 15 is 0 Å². The number of methoxy groups -OCH3 is 1. The third-order valence-electron chi connectivity index (χ3n) is 4.52. The Hall–Kier alpha value is -1.10. The van der Waals surface area contributed by atoms with Gasteiger partial charge in [0.2, 0.25) is 11.8 Å². The molecule has 114 valence electrons. The van der Waals surface area contributed by atoms with Gasteiger partial charge in [0.25, 0.3) is 0 Å². The fourth-order valence-electron chi connectivity index (χ4n) is 3.19. The van der Waals surface area contributed by atoms with Gasteiger partial charge in [-0.3, -0.25) is 9.59 Å². The van der Waals surface area contributed by atoms with E-state index in [0.29, 0.717) is 19.5 Å². The van der Waals surface area contributed by atoms with Gasteiger partial charge in [-0.25, -0.2) is 0 Å². The lowest BCUT2D eigenvalue weighted by Crippen LogP contribution is -2.59. The number of hydrogen-bond donors (Lipinski definition) is 1. The minimum Gasteiger partial charge on any atom is -0.377 e. The molecule has 1 aliphatic heterocycles. The fourth-order valence-corrected chi connectivity index (χ4v) is 3.19. The maximum absolute atomic E-state index is 12.9. The van der Waals surface area contributed by atoms with Crippen molar-refractivity contribution in [2.75, 3.05) is 20.2 Å². The van der Waals surface area contributed by atoms with Gasteiger partial charge in [0.05, 0.1) is 5.60 Å². The fraction of sp³-hybridized carbons (Fsp3) is 0.867. The minimum atomic E-state index is -0.657. The van der Waals surface area contributed by atoms with Crippen LogP contribution < -0.4 is 5.32 Å². The molecule has 5 heteroatoms. The van der Waals surface area contributed by atoms with E-state index in [0.717, 1.165) is 32.1 Å². The number of nitrogens with zero attached hydrogens (tertiary/aromatic N) is 1. The maximum atomic E-state index is 12.9. The summed E-state index contributed by atoms with van der Waals surface area (Å²) in [6, 6.07) is 0. The highest BCUT2D eigenvalue weighted by Gasteiger charge is 2.45. The summed E-state index contributed by atoms with van der Waals surface area (Å²) in [4.78, 5) is 26.7. The standard InChI is InChI=1S/C15H26N2O3/c1-14(2,20-3)11-17-10-7-12(18)16-15(13(17)19)8-5-4-6-9-15/h4-11H2,1-3H3,(H,16,18). The molecule has 2 amide bonds. The van der Waals surface area contributed by atoms with Crippen LogP contribution in [-0.2, 0) is 14.3 Å². The van der Waals surface area contributed by atoms with E-state index in [9.17, 15) is 9.59 Å². The smallest absolute Gasteiger partial charge is 0.248 e. The summed E-state index contributed by atoms with van der Waals surface area (Å²) in [7, 11) is 1.65. The van der Waals surface area contributed by atoms with E-state index in [4.69, 9.17) is 4.74 Å². The molecule has 5 nitrogen and oxygen atoms in total. The summed E-state index contributed by atoms with van der Waals surface area (Å²) < 4.78 is 5.43. The van der Waals surface area contributed by atoms with Gasteiger partial charge in [0.1, 0.15) is 5.54 Å². The summed E-state index contributed by atoms with van der Waals surface area (Å²) >= 11 is 0. The van der Waals surface area contributed by atoms with Crippen molar-refractivity contribution < 1.29 is 14.3 Å². The maximum Gasteiger partial charge on any atom is 0.248 e. The molecule has 20 heavy (non-hydrogen) atoms. The van der Waals surface area contributed by atoms with Gasteiger partial charge in [-0.15, -0.1) is 0 Å². The zero-order valence-corrected chi connectivity index (χ0v) is 12.8. The molecule has 0 bridgehead atoms. The van der Waals surface area contributed by atoms with Gasteiger partial charge in [-0.2, -0.15) is 0 Å². The first-order valence-corrected chi connectivity index (χ1v) is 7.54. The van der Waals surface area contributed by atoms with E-state index in [-0.39, 0.29) is 17.4 Å². The summed E-state index contributed by atoms with van der Waals surface area (Å²) in [5.41, 5.74) is -1.05. The van der Waals surface area contributed by atoms with Gasteiger partial charge < -0.3 is 15.0 Å². The van der Waals surface area contributed by atoms with Crippen molar-refractivity contribution in [3.05, 3.63) is 0 Å². The van der Waals surface area contributed by atoms with Crippen LogP contribution in [0, 0.1) is 0 Å². The number of nitrogens with one attached hydrogen (secondary N) is 1. The van der Waals surface area contributed by atoms with E-state index < -0.39 is 5.54 Å². The number of amides is 2. The van der Waals surface area contributed by atoms with Gasteiger partial charge in [-0.05, 0) is 26.7 Å². The topological polar surface area (TPSA) is 58.6 Å². The predicted octanol–water partition coefficient (Wildman–Crippen LogP) is 1.46. The lowest BCUT2D eigenvalue weighted by molar-refractivity contribution is -0.143. The third kappa shape index (κ3) is 3.14. The highest BCUT2D eigenvalue weighted by atomic mass is 16.5. The Kier molecular flexibility index (Phi) is 4.37. The molecule has 1 N–H and O–H groups in total. The Morgan fingerprint density at radius 2 is 1.90 bits per heavy atom. The molecule has 1 heterocycles. The number of carbonyl (C=O) groups is 2. The lowest BCUT2D eigenvalue weighted by atomic mass is 9.80. The molecule has 1 aliphatic carbocycles. The van der Waals surface area contributed by atoms with Crippen molar-refractivity contribution in [3.8, 4) is 0 Å². The van der Waals surface area contributed by atoms with Crippen LogP contribution >= 0.6 is 0 Å². The summed E-state index contributed by atoms with van der Waals surface area (Å²) in [5.74, 6) is 0.0751. The van der Waals surface area contributed by atoms with E-state index in [1.165, 1.54) is 0 Å². The molecule has 1 saturated heterocycles. The second-order valence-electron chi connectivity index (χ2n) is 6.63. The summed E-state index contributed by atoms with van der Waals surface area (Å²) in [6.07, 6.45) is 5.08. The van der Waals surface area contributed by atoms with Crippen molar-refractivity contribution in [1.29, 1.82) is 0 Å². The Morgan fingerprint density at radius 3 is 2.50 bits per heavy atom.